The second-order valence-electron chi connectivity index (χ2n) is 5.73. The summed E-state index contributed by atoms with van der Waals surface area (Å²) in [5, 5.41) is 11.1. The highest BCUT2D eigenvalue weighted by Crippen LogP contribution is 2.39. The van der Waals surface area contributed by atoms with Crippen molar-refractivity contribution in [2.24, 2.45) is 0 Å². The number of carbonyl (C=O) groups excluding carboxylic acids is 1. The third kappa shape index (κ3) is 3.02. The molecule has 1 atom stereocenters. The summed E-state index contributed by atoms with van der Waals surface area (Å²) in [6.45, 7) is 5.48. The van der Waals surface area contributed by atoms with Gasteiger partial charge in [-0.2, -0.15) is 0 Å². The van der Waals surface area contributed by atoms with Gasteiger partial charge in [-0.1, -0.05) is 32.0 Å². The van der Waals surface area contributed by atoms with Crippen molar-refractivity contribution in [1.82, 2.24) is 20.1 Å². The number of amides is 1. The first-order valence-corrected chi connectivity index (χ1v) is 8.52. The van der Waals surface area contributed by atoms with Crippen molar-refractivity contribution in [2.45, 2.75) is 37.1 Å². The van der Waals surface area contributed by atoms with E-state index in [4.69, 9.17) is 0 Å². The van der Waals surface area contributed by atoms with Crippen LogP contribution in [0, 0.1) is 0 Å². The van der Waals surface area contributed by atoms with Crippen LogP contribution in [-0.4, -0.2) is 33.0 Å². The minimum absolute atomic E-state index is 0.0355. The lowest BCUT2D eigenvalue weighted by Crippen LogP contribution is -2.32. The van der Waals surface area contributed by atoms with Crippen molar-refractivity contribution in [2.75, 3.05) is 12.3 Å². The van der Waals surface area contributed by atoms with Crippen LogP contribution in [0.3, 0.4) is 0 Å². The van der Waals surface area contributed by atoms with Gasteiger partial charge in [0.2, 0.25) is 5.91 Å². The largest absolute Gasteiger partial charge is 0.354 e. The molecule has 5 nitrogen and oxygen atoms in total. The number of fused-ring (bicyclic) bond motifs is 1. The lowest BCUT2D eigenvalue weighted by Gasteiger charge is -2.13. The van der Waals surface area contributed by atoms with E-state index in [1.807, 2.05) is 16.7 Å². The minimum Gasteiger partial charge on any atom is -0.354 e. The van der Waals surface area contributed by atoms with Crippen molar-refractivity contribution in [3.8, 4) is 0 Å². The van der Waals surface area contributed by atoms with Crippen LogP contribution in [0.15, 0.2) is 35.5 Å². The molecule has 1 N–H and O–H groups in total. The van der Waals surface area contributed by atoms with Gasteiger partial charge in [0.25, 0.3) is 0 Å². The maximum atomic E-state index is 12.4. The Morgan fingerprint density at radius 3 is 3.09 bits per heavy atom. The highest BCUT2D eigenvalue weighted by molar-refractivity contribution is 7.99. The lowest BCUT2D eigenvalue weighted by molar-refractivity contribution is -0.122. The average molecular weight is 316 g/mol. The average Bonchev–Trinajstić information content (AvgIpc) is 3.13. The van der Waals surface area contributed by atoms with E-state index in [0.29, 0.717) is 19.0 Å². The second kappa shape index (κ2) is 6.52. The van der Waals surface area contributed by atoms with Gasteiger partial charge in [-0.15, -0.1) is 22.0 Å². The standard InChI is InChI=1S/C16H20N4OS/c1-11(2)15-19-18-10-20(15)8-7-17-16(21)13-9-22-14-6-4-3-5-12(13)14/h3-6,10-11,13H,7-9H2,1-2H3,(H,17,21)/t13-/m0/s1. The van der Waals surface area contributed by atoms with Crippen molar-refractivity contribution >= 4 is 17.7 Å². The van der Waals surface area contributed by atoms with E-state index >= 15 is 0 Å². The van der Waals surface area contributed by atoms with Gasteiger partial charge in [0.1, 0.15) is 12.2 Å². The highest BCUT2D eigenvalue weighted by Gasteiger charge is 2.28. The quantitative estimate of drug-likeness (QED) is 0.920. The van der Waals surface area contributed by atoms with Gasteiger partial charge in [0.05, 0.1) is 5.92 Å². The Morgan fingerprint density at radius 2 is 2.27 bits per heavy atom. The number of hydrogen-bond acceptors (Lipinski definition) is 4. The summed E-state index contributed by atoms with van der Waals surface area (Å²) in [4.78, 5) is 13.6. The van der Waals surface area contributed by atoms with Crippen molar-refractivity contribution < 1.29 is 4.79 Å². The Hall–Kier alpha value is -1.82. The third-order valence-corrected chi connectivity index (χ3v) is 5.01. The molecule has 0 radical (unpaired) electrons. The minimum atomic E-state index is -0.0355. The molecule has 3 rings (SSSR count). The van der Waals surface area contributed by atoms with E-state index in [-0.39, 0.29) is 11.8 Å². The predicted octanol–water partition coefficient (Wildman–Crippen LogP) is 2.41. The maximum absolute atomic E-state index is 12.4. The van der Waals surface area contributed by atoms with E-state index in [0.717, 1.165) is 17.1 Å². The van der Waals surface area contributed by atoms with Crippen molar-refractivity contribution in [1.29, 1.82) is 0 Å². The maximum Gasteiger partial charge on any atom is 0.228 e. The Labute approximate surface area is 134 Å². The van der Waals surface area contributed by atoms with Gasteiger partial charge in [0.15, 0.2) is 0 Å². The smallest absolute Gasteiger partial charge is 0.228 e. The zero-order chi connectivity index (χ0) is 15.5. The van der Waals surface area contributed by atoms with Crippen LogP contribution in [0.1, 0.15) is 37.1 Å². The zero-order valence-corrected chi connectivity index (χ0v) is 13.6. The molecule has 0 saturated carbocycles. The van der Waals surface area contributed by atoms with Crippen molar-refractivity contribution in [3.05, 3.63) is 42.0 Å². The fourth-order valence-corrected chi connectivity index (χ4v) is 3.91. The third-order valence-electron chi connectivity index (χ3n) is 3.83. The number of thioether (sulfide) groups is 1. The van der Waals surface area contributed by atoms with Gasteiger partial charge >= 0.3 is 0 Å². The van der Waals surface area contributed by atoms with Crippen LogP contribution in [0.5, 0.6) is 0 Å². The number of benzene rings is 1. The van der Waals surface area contributed by atoms with Crippen LogP contribution in [0.4, 0.5) is 0 Å². The molecule has 1 aromatic carbocycles. The molecule has 1 aromatic heterocycles. The fraction of sp³-hybridized carbons (Fsp3) is 0.438. The summed E-state index contributed by atoms with van der Waals surface area (Å²) < 4.78 is 2.00. The number of hydrogen-bond donors (Lipinski definition) is 1. The van der Waals surface area contributed by atoms with Gasteiger partial charge in [-0.3, -0.25) is 4.79 Å². The second-order valence-corrected chi connectivity index (χ2v) is 6.79. The molecule has 0 bridgehead atoms. The first kappa shape index (κ1) is 15.1. The Balaban J connectivity index is 1.56. The van der Waals surface area contributed by atoms with Gasteiger partial charge in [-0.25, -0.2) is 0 Å². The molecular formula is C16H20N4OS. The molecule has 1 aliphatic heterocycles. The van der Waals surface area contributed by atoms with E-state index in [2.05, 4.69) is 41.5 Å². The van der Waals surface area contributed by atoms with Crippen LogP contribution in [0.25, 0.3) is 0 Å². The SMILES string of the molecule is CC(C)c1nncn1CCNC(=O)[C@H]1CSc2ccccc21. The topological polar surface area (TPSA) is 59.8 Å². The summed E-state index contributed by atoms with van der Waals surface area (Å²) >= 11 is 1.76. The Morgan fingerprint density at radius 1 is 1.45 bits per heavy atom. The van der Waals surface area contributed by atoms with E-state index < -0.39 is 0 Å². The number of aromatic nitrogens is 3. The summed E-state index contributed by atoms with van der Waals surface area (Å²) in [6, 6.07) is 8.15. The molecule has 6 heteroatoms. The van der Waals surface area contributed by atoms with E-state index in [1.54, 1.807) is 18.1 Å². The van der Waals surface area contributed by atoms with Crippen LogP contribution in [-0.2, 0) is 11.3 Å². The number of nitrogens with one attached hydrogen (secondary N) is 1. The molecule has 1 amide bonds. The molecule has 0 spiro atoms. The molecule has 2 aromatic rings. The Kier molecular flexibility index (Phi) is 4.47. The van der Waals surface area contributed by atoms with Gasteiger partial charge in [-0.05, 0) is 11.6 Å². The van der Waals surface area contributed by atoms with E-state index in [1.165, 1.54) is 4.90 Å². The van der Waals surface area contributed by atoms with E-state index in [9.17, 15) is 4.79 Å². The van der Waals surface area contributed by atoms with Gasteiger partial charge < -0.3 is 9.88 Å². The van der Waals surface area contributed by atoms with Gasteiger partial charge in [0, 0.05) is 29.7 Å². The first-order chi connectivity index (χ1) is 10.7. The normalized spacial score (nSPS) is 16.8. The fourth-order valence-electron chi connectivity index (χ4n) is 2.69. The Bertz CT molecular complexity index is 668. The lowest BCUT2D eigenvalue weighted by atomic mass is 10.0. The monoisotopic (exact) mass is 316 g/mol. The van der Waals surface area contributed by atoms with Crippen molar-refractivity contribution in [3.63, 3.8) is 0 Å². The molecule has 0 saturated heterocycles. The molecule has 116 valence electrons. The summed E-state index contributed by atoms with van der Waals surface area (Å²) in [5.41, 5.74) is 1.15. The molecule has 2 heterocycles. The zero-order valence-electron chi connectivity index (χ0n) is 12.8. The number of nitrogens with zero attached hydrogens (tertiary/aromatic N) is 3. The van der Waals surface area contributed by atoms with Crippen LogP contribution < -0.4 is 5.32 Å². The van der Waals surface area contributed by atoms with Crippen LogP contribution in [0.2, 0.25) is 0 Å². The summed E-state index contributed by atoms with van der Waals surface area (Å²) in [7, 11) is 0. The van der Waals surface area contributed by atoms with Crippen LogP contribution >= 0.6 is 11.8 Å². The summed E-state index contributed by atoms with van der Waals surface area (Å²) in [6.07, 6.45) is 1.72. The molecule has 0 fully saturated rings. The number of carbonyl (C=O) groups is 1. The molecule has 0 unspecified atom stereocenters. The molecule has 0 aliphatic carbocycles. The highest BCUT2D eigenvalue weighted by atomic mass is 32.2. The first-order valence-electron chi connectivity index (χ1n) is 7.54. The molecule has 22 heavy (non-hydrogen) atoms. The number of rotatable bonds is 5. The summed E-state index contributed by atoms with van der Waals surface area (Å²) in [5.74, 6) is 2.19. The molecule has 1 aliphatic rings. The predicted molar refractivity (Wildman–Crippen MR) is 87.0 cm³/mol. The molecular weight excluding hydrogens is 296 g/mol.